The van der Waals surface area contributed by atoms with Gasteiger partial charge in [0.05, 0.1) is 12.7 Å². The highest BCUT2D eigenvalue weighted by molar-refractivity contribution is 5.20. The van der Waals surface area contributed by atoms with Crippen molar-refractivity contribution in [3.63, 3.8) is 0 Å². The Labute approximate surface area is 120 Å². The monoisotopic (exact) mass is 280 g/mol. The number of ether oxygens (including phenoxy) is 1. The Hall–Kier alpha value is -0.970. The number of rotatable bonds is 4. The molecule has 1 aromatic rings. The van der Waals surface area contributed by atoms with Crippen LogP contribution in [0, 0.1) is 5.82 Å². The second-order valence-electron chi connectivity index (χ2n) is 6.11. The molecule has 1 aliphatic heterocycles. The minimum absolute atomic E-state index is 0.152. The highest BCUT2D eigenvalue weighted by Gasteiger charge is 2.37. The summed E-state index contributed by atoms with van der Waals surface area (Å²) in [4.78, 5) is 2.37. The normalized spacial score (nSPS) is 27.2. The van der Waals surface area contributed by atoms with Crippen molar-refractivity contribution in [1.29, 1.82) is 0 Å². The van der Waals surface area contributed by atoms with Gasteiger partial charge in [-0.3, -0.25) is 4.90 Å². The molecule has 20 heavy (non-hydrogen) atoms. The molecule has 1 aliphatic rings. The molecule has 112 valence electrons. The topological polar surface area (TPSA) is 38.5 Å². The lowest BCUT2D eigenvalue weighted by Crippen LogP contribution is -2.62. The molecule has 4 heteroatoms. The van der Waals surface area contributed by atoms with Crippen molar-refractivity contribution in [3.8, 4) is 0 Å². The molecule has 0 saturated carbocycles. The fraction of sp³-hybridized carbons (Fsp3) is 0.625. The number of halogens is 1. The summed E-state index contributed by atoms with van der Waals surface area (Å²) in [5, 5.41) is 0. The molecular formula is C16H25FN2O. The third kappa shape index (κ3) is 3.19. The SMILES string of the molecule is CC1CN(C(C)(CN)Cc2ccccc2F)C(C)CO1. The van der Waals surface area contributed by atoms with Gasteiger partial charge in [-0.2, -0.15) is 0 Å². The Morgan fingerprint density at radius 2 is 2.10 bits per heavy atom. The van der Waals surface area contributed by atoms with E-state index in [2.05, 4.69) is 25.7 Å². The van der Waals surface area contributed by atoms with Crippen LogP contribution < -0.4 is 5.73 Å². The minimum atomic E-state index is -0.250. The summed E-state index contributed by atoms with van der Waals surface area (Å²) in [6, 6.07) is 7.25. The van der Waals surface area contributed by atoms with Gasteiger partial charge in [0, 0.05) is 24.7 Å². The highest BCUT2D eigenvalue weighted by atomic mass is 19.1. The summed E-state index contributed by atoms with van der Waals surface area (Å²) in [5.41, 5.74) is 6.52. The second kappa shape index (κ2) is 6.20. The Morgan fingerprint density at radius 1 is 1.40 bits per heavy atom. The fourth-order valence-corrected chi connectivity index (χ4v) is 3.00. The zero-order valence-corrected chi connectivity index (χ0v) is 12.6. The zero-order valence-electron chi connectivity index (χ0n) is 12.6. The summed E-state index contributed by atoms with van der Waals surface area (Å²) in [5.74, 6) is -0.152. The van der Waals surface area contributed by atoms with Crippen LogP contribution in [-0.4, -0.2) is 42.3 Å². The summed E-state index contributed by atoms with van der Waals surface area (Å²) in [6.07, 6.45) is 0.811. The van der Waals surface area contributed by atoms with E-state index in [4.69, 9.17) is 10.5 Å². The van der Waals surface area contributed by atoms with Gasteiger partial charge in [-0.05, 0) is 38.8 Å². The van der Waals surface area contributed by atoms with Crippen molar-refractivity contribution in [1.82, 2.24) is 4.90 Å². The van der Waals surface area contributed by atoms with Crippen LogP contribution >= 0.6 is 0 Å². The molecule has 3 nitrogen and oxygen atoms in total. The van der Waals surface area contributed by atoms with Crippen LogP contribution in [0.5, 0.6) is 0 Å². The Balaban J connectivity index is 2.22. The van der Waals surface area contributed by atoms with Gasteiger partial charge in [0.15, 0.2) is 0 Å². The molecule has 2 rings (SSSR count). The Kier molecular flexibility index (Phi) is 4.78. The molecule has 0 aromatic heterocycles. The van der Waals surface area contributed by atoms with Crippen molar-refractivity contribution in [3.05, 3.63) is 35.6 Å². The molecule has 2 N–H and O–H groups in total. The smallest absolute Gasteiger partial charge is 0.126 e. The maximum Gasteiger partial charge on any atom is 0.126 e. The van der Waals surface area contributed by atoms with Crippen LogP contribution in [0.4, 0.5) is 4.39 Å². The largest absolute Gasteiger partial charge is 0.376 e. The first-order chi connectivity index (χ1) is 9.46. The molecular weight excluding hydrogens is 255 g/mol. The Morgan fingerprint density at radius 3 is 2.75 bits per heavy atom. The van der Waals surface area contributed by atoms with Gasteiger partial charge in [0.2, 0.25) is 0 Å². The van der Waals surface area contributed by atoms with Crippen molar-refractivity contribution in [2.45, 2.75) is 44.9 Å². The molecule has 0 amide bonds. The van der Waals surface area contributed by atoms with Crippen LogP contribution in [0.1, 0.15) is 26.3 Å². The maximum absolute atomic E-state index is 13.9. The number of morpholine rings is 1. The molecule has 0 spiro atoms. The standard InChI is InChI=1S/C16H25FN2O/c1-12-10-20-13(2)9-19(12)16(3,11-18)8-14-6-4-5-7-15(14)17/h4-7,12-13H,8-11,18H2,1-3H3. The molecule has 0 aliphatic carbocycles. The predicted molar refractivity (Wildman–Crippen MR) is 79.1 cm³/mol. The lowest BCUT2D eigenvalue weighted by atomic mass is 9.88. The van der Waals surface area contributed by atoms with E-state index in [-0.39, 0.29) is 17.5 Å². The summed E-state index contributed by atoms with van der Waals surface area (Å²) >= 11 is 0. The van der Waals surface area contributed by atoms with E-state index in [1.54, 1.807) is 6.07 Å². The first kappa shape index (κ1) is 15.4. The highest BCUT2D eigenvalue weighted by Crippen LogP contribution is 2.27. The van der Waals surface area contributed by atoms with Crippen molar-refractivity contribution in [2.75, 3.05) is 19.7 Å². The van der Waals surface area contributed by atoms with Crippen LogP contribution in [0.3, 0.4) is 0 Å². The van der Waals surface area contributed by atoms with Crippen LogP contribution in [0.15, 0.2) is 24.3 Å². The predicted octanol–water partition coefficient (Wildman–Crippen LogP) is 2.19. The van der Waals surface area contributed by atoms with E-state index < -0.39 is 0 Å². The molecule has 1 saturated heterocycles. The van der Waals surface area contributed by atoms with E-state index in [1.165, 1.54) is 6.07 Å². The van der Waals surface area contributed by atoms with Crippen LogP contribution in [0.25, 0.3) is 0 Å². The van der Waals surface area contributed by atoms with Crippen molar-refractivity contribution >= 4 is 0 Å². The molecule has 0 radical (unpaired) electrons. The van der Waals surface area contributed by atoms with Gasteiger partial charge < -0.3 is 10.5 Å². The lowest BCUT2D eigenvalue weighted by molar-refractivity contribution is -0.0882. The van der Waals surface area contributed by atoms with Gasteiger partial charge >= 0.3 is 0 Å². The summed E-state index contributed by atoms with van der Waals surface area (Å²) in [6.45, 7) is 8.36. The third-order valence-electron chi connectivity index (χ3n) is 4.27. The summed E-state index contributed by atoms with van der Waals surface area (Å²) < 4.78 is 19.6. The van der Waals surface area contributed by atoms with E-state index in [9.17, 15) is 4.39 Å². The van der Waals surface area contributed by atoms with Crippen LogP contribution in [0.2, 0.25) is 0 Å². The third-order valence-corrected chi connectivity index (χ3v) is 4.27. The average molecular weight is 280 g/mol. The minimum Gasteiger partial charge on any atom is -0.376 e. The van der Waals surface area contributed by atoms with E-state index in [0.717, 1.165) is 12.1 Å². The molecule has 1 fully saturated rings. The number of benzene rings is 1. The van der Waals surface area contributed by atoms with Crippen molar-refractivity contribution < 1.29 is 9.13 Å². The number of hydrogen-bond donors (Lipinski definition) is 1. The molecule has 1 heterocycles. The van der Waals surface area contributed by atoms with Crippen LogP contribution in [-0.2, 0) is 11.2 Å². The first-order valence-electron chi connectivity index (χ1n) is 7.28. The van der Waals surface area contributed by atoms with Gasteiger partial charge in [0.25, 0.3) is 0 Å². The summed E-state index contributed by atoms with van der Waals surface area (Å²) in [7, 11) is 0. The van der Waals surface area contributed by atoms with Gasteiger partial charge in [-0.25, -0.2) is 4.39 Å². The quantitative estimate of drug-likeness (QED) is 0.919. The van der Waals surface area contributed by atoms with Crippen molar-refractivity contribution in [2.24, 2.45) is 5.73 Å². The second-order valence-corrected chi connectivity index (χ2v) is 6.11. The lowest BCUT2D eigenvalue weighted by Gasteiger charge is -2.48. The molecule has 1 aromatic carbocycles. The van der Waals surface area contributed by atoms with Gasteiger partial charge in [-0.1, -0.05) is 18.2 Å². The first-order valence-corrected chi connectivity index (χ1v) is 7.28. The maximum atomic E-state index is 13.9. The Bertz CT molecular complexity index is 454. The van der Waals surface area contributed by atoms with Gasteiger partial charge in [0.1, 0.15) is 5.82 Å². The molecule has 3 unspecified atom stereocenters. The van der Waals surface area contributed by atoms with E-state index >= 15 is 0 Å². The number of nitrogens with zero attached hydrogens (tertiary/aromatic N) is 1. The van der Waals surface area contributed by atoms with E-state index in [1.807, 2.05) is 12.1 Å². The number of hydrogen-bond acceptors (Lipinski definition) is 3. The van der Waals surface area contributed by atoms with E-state index in [0.29, 0.717) is 25.6 Å². The molecule has 0 bridgehead atoms. The average Bonchev–Trinajstić information content (AvgIpc) is 2.44. The fourth-order valence-electron chi connectivity index (χ4n) is 3.00. The number of nitrogens with two attached hydrogens (primary N) is 1. The molecule has 3 atom stereocenters. The zero-order chi connectivity index (χ0) is 14.8. The van der Waals surface area contributed by atoms with Gasteiger partial charge in [-0.15, -0.1) is 0 Å².